The summed E-state index contributed by atoms with van der Waals surface area (Å²) in [7, 11) is -3.82. The largest absolute Gasteiger partial charge is 0.379 e. The highest BCUT2D eigenvalue weighted by atomic mass is 32.2. The molecule has 0 bridgehead atoms. The van der Waals surface area contributed by atoms with Crippen LogP contribution in [0, 0.1) is 12.7 Å². The molecule has 1 fully saturated rings. The molecule has 0 spiro atoms. The van der Waals surface area contributed by atoms with E-state index in [-0.39, 0.29) is 16.7 Å². The smallest absolute Gasteiger partial charge is 0.280 e. The SMILES string of the molecule is Cc1cc(S(=O)(=O)Nc2ccsn2)ncc1NCc1c(F)cccc1CN1CCC1. The van der Waals surface area contributed by atoms with E-state index >= 15 is 0 Å². The molecule has 0 unspecified atom stereocenters. The van der Waals surface area contributed by atoms with Crippen molar-refractivity contribution < 1.29 is 12.8 Å². The van der Waals surface area contributed by atoms with Crippen LogP contribution in [-0.2, 0) is 23.1 Å². The standard InChI is InChI=1S/C20H22FN5O2S2/c1-14-10-20(30(27,28)25-19-6-9-29-24-19)23-12-18(14)22-11-16-15(4-2-5-17(16)21)13-26-7-3-8-26/h2,4-6,9-10,12,22H,3,7-8,11,13H2,1H3,(H,24,25). The first kappa shape index (κ1) is 20.7. The van der Waals surface area contributed by atoms with Gasteiger partial charge in [-0.2, -0.15) is 12.8 Å². The minimum absolute atomic E-state index is 0.0945. The molecule has 7 nitrogen and oxygen atoms in total. The van der Waals surface area contributed by atoms with Crippen molar-refractivity contribution in [2.75, 3.05) is 23.1 Å². The van der Waals surface area contributed by atoms with Crippen LogP contribution in [0.15, 0.2) is 46.9 Å². The Morgan fingerprint density at radius 3 is 2.77 bits per heavy atom. The number of anilines is 2. The highest BCUT2D eigenvalue weighted by molar-refractivity contribution is 7.92. The van der Waals surface area contributed by atoms with Crippen LogP contribution in [0.2, 0.25) is 0 Å². The van der Waals surface area contributed by atoms with Gasteiger partial charge in [-0.05, 0) is 67.3 Å². The van der Waals surface area contributed by atoms with E-state index in [0.717, 1.165) is 36.7 Å². The van der Waals surface area contributed by atoms with E-state index in [4.69, 9.17) is 0 Å². The molecule has 2 N–H and O–H groups in total. The number of nitrogens with one attached hydrogen (secondary N) is 2. The van der Waals surface area contributed by atoms with Gasteiger partial charge in [0.1, 0.15) is 5.82 Å². The number of aromatic nitrogens is 2. The van der Waals surface area contributed by atoms with Gasteiger partial charge in [0.2, 0.25) is 0 Å². The van der Waals surface area contributed by atoms with Crippen LogP contribution in [0.5, 0.6) is 0 Å². The second-order valence-electron chi connectivity index (χ2n) is 7.19. The van der Waals surface area contributed by atoms with Crippen LogP contribution >= 0.6 is 11.5 Å². The summed E-state index contributed by atoms with van der Waals surface area (Å²) in [6.45, 7) is 4.88. The monoisotopic (exact) mass is 447 g/mol. The van der Waals surface area contributed by atoms with Crippen molar-refractivity contribution >= 4 is 33.1 Å². The van der Waals surface area contributed by atoms with E-state index < -0.39 is 10.0 Å². The zero-order valence-corrected chi connectivity index (χ0v) is 18.1. The number of halogens is 1. The predicted molar refractivity (Wildman–Crippen MR) is 116 cm³/mol. The quantitative estimate of drug-likeness (QED) is 0.549. The second kappa shape index (κ2) is 8.66. The Bertz CT molecular complexity index is 1130. The van der Waals surface area contributed by atoms with Crippen molar-refractivity contribution in [2.24, 2.45) is 0 Å². The van der Waals surface area contributed by atoms with Gasteiger partial charge in [0.15, 0.2) is 10.8 Å². The second-order valence-corrected chi connectivity index (χ2v) is 9.48. The third-order valence-electron chi connectivity index (χ3n) is 5.05. The number of rotatable bonds is 8. The molecule has 0 amide bonds. The van der Waals surface area contributed by atoms with Gasteiger partial charge >= 0.3 is 0 Å². The Kier molecular flexibility index (Phi) is 5.98. The normalized spacial score (nSPS) is 14.3. The number of nitrogens with zero attached hydrogens (tertiary/aromatic N) is 3. The van der Waals surface area contributed by atoms with Crippen molar-refractivity contribution in [1.29, 1.82) is 0 Å². The number of hydrogen-bond donors (Lipinski definition) is 2. The van der Waals surface area contributed by atoms with E-state index in [0.29, 0.717) is 23.4 Å². The van der Waals surface area contributed by atoms with Gasteiger partial charge in [-0.25, -0.2) is 9.37 Å². The van der Waals surface area contributed by atoms with E-state index in [1.54, 1.807) is 24.4 Å². The number of aryl methyl sites for hydroxylation is 1. The molecule has 1 aromatic carbocycles. The molecule has 0 saturated carbocycles. The Morgan fingerprint density at radius 2 is 2.10 bits per heavy atom. The lowest BCUT2D eigenvalue weighted by Crippen LogP contribution is -2.36. The maximum Gasteiger partial charge on any atom is 0.280 e. The van der Waals surface area contributed by atoms with Gasteiger partial charge in [-0.3, -0.25) is 9.62 Å². The molecule has 10 heteroatoms. The Balaban J connectivity index is 1.48. The minimum Gasteiger partial charge on any atom is -0.379 e. The van der Waals surface area contributed by atoms with Gasteiger partial charge in [-0.15, -0.1) is 0 Å². The summed E-state index contributed by atoms with van der Waals surface area (Å²) < 4.78 is 45.8. The number of likely N-dealkylation sites (tertiary alicyclic amines) is 1. The van der Waals surface area contributed by atoms with Gasteiger partial charge < -0.3 is 5.32 Å². The Morgan fingerprint density at radius 1 is 1.27 bits per heavy atom. The van der Waals surface area contributed by atoms with Gasteiger partial charge in [0.05, 0.1) is 11.9 Å². The fourth-order valence-electron chi connectivity index (χ4n) is 3.23. The van der Waals surface area contributed by atoms with E-state index in [2.05, 4.69) is 24.3 Å². The van der Waals surface area contributed by atoms with Crippen molar-refractivity contribution in [3.63, 3.8) is 0 Å². The van der Waals surface area contributed by atoms with Crippen molar-refractivity contribution in [3.05, 3.63) is 64.4 Å². The lowest BCUT2D eigenvalue weighted by molar-refractivity contribution is 0.172. The topological polar surface area (TPSA) is 87.2 Å². The van der Waals surface area contributed by atoms with E-state index in [1.807, 2.05) is 6.07 Å². The molecule has 0 radical (unpaired) electrons. The molecule has 2 aromatic heterocycles. The highest BCUT2D eigenvalue weighted by Gasteiger charge is 2.19. The van der Waals surface area contributed by atoms with Crippen LogP contribution in [0.3, 0.4) is 0 Å². The predicted octanol–water partition coefficient (Wildman–Crippen LogP) is 3.60. The summed E-state index contributed by atoms with van der Waals surface area (Å²) in [4.78, 5) is 6.36. The van der Waals surface area contributed by atoms with Crippen LogP contribution < -0.4 is 10.0 Å². The number of sulfonamides is 1. The van der Waals surface area contributed by atoms with Crippen LogP contribution in [0.4, 0.5) is 15.9 Å². The Labute approximate surface area is 179 Å². The number of pyridine rings is 1. The van der Waals surface area contributed by atoms with Gasteiger partial charge in [-0.1, -0.05) is 12.1 Å². The molecule has 3 aromatic rings. The first-order valence-corrected chi connectivity index (χ1v) is 11.9. The van der Waals surface area contributed by atoms with Crippen molar-refractivity contribution in [1.82, 2.24) is 14.3 Å². The third-order valence-corrected chi connectivity index (χ3v) is 6.86. The average molecular weight is 448 g/mol. The average Bonchev–Trinajstić information content (AvgIpc) is 3.17. The molecular formula is C20H22FN5O2S2. The molecule has 4 rings (SSSR count). The van der Waals surface area contributed by atoms with Crippen molar-refractivity contribution in [3.8, 4) is 0 Å². The fraction of sp³-hybridized carbons (Fsp3) is 0.300. The van der Waals surface area contributed by atoms with Crippen LogP contribution in [0.1, 0.15) is 23.1 Å². The maximum absolute atomic E-state index is 14.5. The summed E-state index contributed by atoms with van der Waals surface area (Å²) >= 11 is 1.16. The van der Waals surface area contributed by atoms with Crippen LogP contribution in [-0.4, -0.2) is 35.8 Å². The lowest BCUT2D eigenvalue weighted by Gasteiger charge is -2.31. The first-order chi connectivity index (χ1) is 14.4. The zero-order valence-electron chi connectivity index (χ0n) is 16.4. The molecular weight excluding hydrogens is 425 g/mol. The van der Waals surface area contributed by atoms with Gasteiger partial charge in [0, 0.05) is 24.0 Å². The highest BCUT2D eigenvalue weighted by Crippen LogP contribution is 2.23. The molecule has 0 aliphatic carbocycles. The maximum atomic E-state index is 14.5. The van der Waals surface area contributed by atoms with E-state index in [1.165, 1.54) is 24.8 Å². The lowest BCUT2D eigenvalue weighted by atomic mass is 10.0. The summed E-state index contributed by atoms with van der Waals surface area (Å²) in [5, 5.41) is 4.79. The molecule has 1 aliphatic rings. The van der Waals surface area contributed by atoms with Crippen molar-refractivity contribution in [2.45, 2.75) is 31.5 Å². The molecule has 158 valence electrons. The van der Waals surface area contributed by atoms with E-state index in [9.17, 15) is 12.8 Å². The molecule has 30 heavy (non-hydrogen) atoms. The van der Waals surface area contributed by atoms with Crippen LogP contribution in [0.25, 0.3) is 0 Å². The summed E-state index contributed by atoms with van der Waals surface area (Å²) in [6.07, 6.45) is 2.64. The zero-order chi connectivity index (χ0) is 21.1. The summed E-state index contributed by atoms with van der Waals surface area (Å²) in [6, 6.07) is 8.21. The Hall–Kier alpha value is -2.56. The number of hydrogen-bond acceptors (Lipinski definition) is 7. The fourth-order valence-corrected chi connectivity index (χ4v) is 4.78. The summed E-state index contributed by atoms with van der Waals surface area (Å²) in [5.41, 5.74) is 2.93. The minimum atomic E-state index is -3.82. The molecule has 1 saturated heterocycles. The molecule has 3 heterocycles. The summed E-state index contributed by atoms with van der Waals surface area (Å²) in [5.74, 6) is 0.00809. The third kappa shape index (κ3) is 4.61. The molecule has 0 atom stereocenters. The van der Waals surface area contributed by atoms with Gasteiger partial charge in [0.25, 0.3) is 10.0 Å². The number of benzene rings is 1. The molecule has 1 aliphatic heterocycles. The first-order valence-electron chi connectivity index (χ1n) is 9.55.